The lowest BCUT2D eigenvalue weighted by molar-refractivity contribution is 0.310. The summed E-state index contributed by atoms with van der Waals surface area (Å²) in [6.07, 6.45) is 3.26. The zero-order valence-electron chi connectivity index (χ0n) is 8.32. The topological polar surface area (TPSA) is 117 Å². The maximum Gasteiger partial charge on any atom is 0.180 e. The quantitative estimate of drug-likeness (QED) is 0.721. The Kier molecular flexibility index (Phi) is 2.27. The van der Waals surface area contributed by atoms with Crippen LogP contribution in [-0.4, -0.2) is 20.3 Å². The van der Waals surface area contributed by atoms with Crippen LogP contribution in [0.2, 0.25) is 0 Å². The molecular weight excluding hydrogens is 260 g/mol. The van der Waals surface area contributed by atoms with E-state index in [1.807, 2.05) is 0 Å². The summed E-state index contributed by atoms with van der Waals surface area (Å²) in [5, 5.41) is 8.64. The standard InChI is InChI=1S/C8H6N6OS2/c9-7-11-1-3(16-7)5-6(14-15-13-5)4-2-12-8(10)17-4/h1-2H,(H2,9,11)(H2,10,12). The molecule has 0 saturated heterocycles. The molecule has 0 atom stereocenters. The highest BCUT2D eigenvalue weighted by atomic mass is 32.1. The number of thiazole rings is 2. The van der Waals surface area contributed by atoms with Crippen LogP contribution in [0.5, 0.6) is 0 Å². The SMILES string of the molecule is Nc1ncc(-c2nonc2-c2cnc(N)s2)s1. The van der Waals surface area contributed by atoms with Gasteiger partial charge in [-0.05, 0) is 10.3 Å². The van der Waals surface area contributed by atoms with Crippen LogP contribution in [0, 0.1) is 0 Å². The van der Waals surface area contributed by atoms with Gasteiger partial charge in [-0.2, -0.15) is 0 Å². The third-order valence-electron chi connectivity index (χ3n) is 2.00. The molecule has 9 heteroatoms. The Morgan fingerprint density at radius 1 is 0.882 bits per heavy atom. The Hall–Kier alpha value is -2.00. The van der Waals surface area contributed by atoms with E-state index in [1.54, 1.807) is 12.4 Å². The zero-order valence-corrected chi connectivity index (χ0v) is 9.96. The van der Waals surface area contributed by atoms with Crippen molar-refractivity contribution in [3.8, 4) is 21.1 Å². The predicted molar refractivity (Wildman–Crippen MR) is 65.3 cm³/mol. The van der Waals surface area contributed by atoms with Gasteiger partial charge >= 0.3 is 0 Å². The lowest BCUT2D eigenvalue weighted by Crippen LogP contribution is -1.78. The lowest BCUT2D eigenvalue weighted by Gasteiger charge is -1.90. The summed E-state index contributed by atoms with van der Waals surface area (Å²) in [5.41, 5.74) is 12.4. The number of nitrogen functional groups attached to an aromatic ring is 2. The molecule has 0 amide bonds. The summed E-state index contributed by atoms with van der Waals surface area (Å²) >= 11 is 2.64. The van der Waals surface area contributed by atoms with Gasteiger partial charge in [0.2, 0.25) is 0 Å². The van der Waals surface area contributed by atoms with E-state index in [0.29, 0.717) is 21.7 Å². The Bertz CT molecular complexity index is 602. The van der Waals surface area contributed by atoms with Crippen LogP contribution < -0.4 is 11.5 Å². The third kappa shape index (κ3) is 1.74. The molecule has 7 nitrogen and oxygen atoms in total. The highest BCUT2D eigenvalue weighted by molar-refractivity contribution is 7.19. The molecule has 0 spiro atoms. The number of rotatable bonds is 2. The van der Waals surface area contributed by atoms with Crippen molar-refractivity contribution in [2.24, 2.45) is 0 Å². The van der Waals surface area contributed by atoms with E-state index in [0.717, 1.165) is 9.75 Å². The van der Waals surface area contributed by atoms with Crippen molar-refractivity contribution in [2.45, 2.75) is 0 Å². The molecule has 0 aliphatic carbocycles. The van der Waals surface area contributed by atoms with Crippen LogP contribution in [-0.2, 0) is 0 Å². The minimum absolute atomic E-state index is 0.470. The lowest BCUT2D eigenvalue weighted by atomic mass is 10.3. The van der Waals surface area contributed by atoms with Gasteiger partial charge in [0.25, 0.3) is 0 Å². The summed E-state index contributed by atoms with van der Waals surface area (Å²) in [5.74, 6) is 0. The van der Waals surface area contributed by atoms with Crippen LogP contribution in [0.4, 0.5) is 10.3 Å². The Morgan fingerprint density at radius 2 is 1.35 bits per heavy atom. The summed E-state index contributed by atoms with van der Waals surface area (Å²) in [7, 11) is 0. The van der Waals surface area contributed by atoms with Crippen molar-refractivity contribution in [3.05, 3.63) is 12.4 Å². The molecule has 0 aliphatic heterocycles. The predicted octanol–water partition coefficient (Wildman–Crippen LogP) is 1.48. The molecule has 0 fully saturated rings. The van der Waals surface area contributed by atoms with Gasteiger partial charge in [0.05, 0.1) is 9.75 Å². The van der Waals surface area contributed by atoms with E-state index in [-0.39, 0.29) is 0 Å². The molecule has 86 valence electrons. The van der Waals surface area contributed by atoms with Crippen molar-refractivity contribution in [2.75, 3.05) is 11.5 Å². The van der Waals surface area contributed by atoms with Gasteiger partial charge in [-0.3, -0.25) is 0 Å². The second-order valence-corrected chi connectivity index (χ2v) is 5.21. The molecule has 3 rings (SSSR count). The molecule has 0 radical (unpaired) electrons. The van der Waals surface area contributed by atoms with E-state index >= 15 is 0 Å². The van der Waals surface area contributed by atoms with E-state index in [4.69, 9.17) is 16.1 Å². The van der Waals surface area contributed by atoms with Gasteiger partial charge in [-0.1, -0.05) is 22.7 Å². The van der Waals surface area contributed by atoms with E-state index in [9.17, 15) is 0 Å². The maximum atomic E-state index is 5.58. The van der Waals surface area contributed by atoms with Gasteiger partial charge in [0.15, 0.2) is 21.7 Å². The van der Waals surface area contributed by atoms with Crippen LogP contribution in [0.1, 0.15) is 0 Å². The van der Waals surface area contributed by atoms with Gasteiger partial charge in [-0.25, -0.2) is 14.6 Å². The minimum atomic E-state index is 0.470. The fourth-order valence-corrected chi connectivity index (χ4v) is 2.64. The molecule has 3 aromatic heterocycles. The van der Waals surface area contributed by atoms with Crippen molar-refractivity contribution < 1.29 is 4.63 Å². The molecule has 3 heterocycles. The molecule has 0 aromatic carbocycles. The molecule has 17 heavy (non-hydrogen) atoms. The molecule has 0 aliphatic rings. The van der Waals surface area contributed by atoms with Crippen molar-refractivity contribution in [1.29, 1.82) is 0 Å². The molecule has 0 unspecified atom stereocenters. The largest absolute Gasteiger partial charge is 0.375 e. The summed E-state index contributed by atoms with van der Waals surface area (Å²) < 4.78 is 4.75. The number of hydrogen-bond donors (Lipinski definition) is 2. The molecule has 3 aromatic rings. The average molecular weight is 266 g/mol. The summed E-state index contributed by atoms with van der Waals surface area (Å²) in [4.78, 5) is 9.52. The highest BCUT2D eigenvalue weighted by Crippen LogP contribution is 2.35. The van der Waals surface area contributed by atoms with Gasteiger partial charge in [-0.15, -0.1) is 0 Å². The summed E-state index contributed by atoms with van der Waals surface area (Å²) in [6, 6.07) is 0. The number of nitrogens with zero attached hydrogens (tertiary/aromatic N) is 4. The van der Waals surface area contributed by atoms with Crippen molar-refractivity contribution in [3.63, 3.8) is 0 Å². The Morgan fingerprint density at radius 3 is 1.71 bits per heavy atom. The Balaban J connectivity index is 2.11. The first-order valence-corrected chi connectivity index (χ1v) is 6.13. The zero-order chi connectivity index (χ0) is 11.8. The smallest absolute Gasteiger partial charge is 0.180 e. The number of anilines is 2. The van der Waals surface area contributed by atoms with Crippen molar-refractivity contribution in [1.82, 2.24) is 20.3 Å². The minimum Gasteiger partial charge on any atom is -0.375 e. The van der Waals surface area contributed by atoms with Crippen LogP contribution in [0.3, 0.4) is 0 Å². The van der Waals surface area contributed by atoms with Gasteiger partial charge < -0.3 is 11.5 Å². The second kappa shape index (κ2) is 3.79. The second-order valence-electron chi connectivity index (χ2n) is 3.09. The van der Waals surface area contributed by atoms with E-state index in [2.05, 4.69) is 20.3 Å². The fraction of sp³-hybridized carbons (Fsp3) is 0. The van der Waals surface area contributed by atoms with Crippen molar-refractivity contribution >= 4 is 32.9 Å². The average Bonchev–Trinajstić information content (AvgIpc) is 2.96. The Labute approximate surface area is 103 Å². The number of aromatic nitrogens is 4. The van der Waals surface area contributed by atoms with Crippen LogP contribution >= 0.6 is 22.7 Å². The molecule has 4 N–H and O–H groups in total. The first-order valence-electron chi connectivity index (χ1n) is 4.50. The van der Waals surface area contributed by atoms with E-state index < -0.39 is 0 Å². The van der Waals surface area contributed by atoms with E-state index in [1.165, 1.54) is 22.7 Å². The normalized spacial score (nSPS) is 10.8. The van der Waals surface area contributed by atoms with Crippen LogP contribution in [0.25, 0.3) is 21.1 Å². The fourth-order valence-electron chi connectivity index (χ4n) is 1.31. The first-order chi connectivity index (χ1) is 8.24. The highest BCUT2D eigenvalue weighted by Gasteiger charge is 2.18. The molecule has 0 saturated carbocycles. The maximum absolute atomic E-state index is 5.58. The van der Waals surface area contributed by atoms with Gasteiger partial charge in [0.1, 0.15) is 0 Å². The monoisotopic (exact) mass is 266 g/mol. The number of hydrogen-bond acceptors (Lipinski definition) is 9. The molecular formula is C8H6N6OS2. The summed E-state index contributed by atoms with van der Waals surface area (Å²) in [6.45, 7) is 0. The third-order valence-corrected chi connectivity index (χ3v) is 3.67. The number of nitrogens with two attached hydrogens (primary N) is 2. The first kappa shape index (κ1) is 10.2. The van der Waals surface area contributed by atoms with Gasteiger partial charge in [0, 0.05) is 12.4 Å². The van der Waals surface area contributed by atoms with Crippen LogP contribution in [0.15, 0.2) is 17.0 Å². The molecule has 0 bridgehead atoms.